The molecule has 0 spiro atoms. The molecule has 1 atom stereocenters. The number of benzene rings is 1. The van der Waals surface area contributed by atoms with E-state index in [0.717, 1.165) is 35.8 Å². The number of ether oxygens (including phenoxy) is 1. The Labute approximate surface area is 162 Å². The average Bonchev–Trinajstić information content (AvgIpc) is 3.06. The SMILES string of the molecule is CC(C)(C)OC(=O)N1CCC(N2CCc3cncc4c(Br)ccc2c34)C1. The van der Waals surface area contributed by atoms with Crippen LogP contribution in [0.5, 0.6) is 0 Å². The van der Waals surface area contributed by atoms with Crippen molar-refractivity contribution < 1.29 is 9.53 Å². The molecule has 3 heterocycles. The molecule has 1 amide bonds. The Morgan fingerprint density at radius 1 is 1.27 bits per heavy atom. The van der Waals surface area contributed by atoms with E-state index in [-0.39, 0.29) is 6.09 Å². The summed E-state index contributed by atoms with van der Waals surface area (Å²) in [7, 11) is 0. The number of carbonyl (C=O) groups is 1. The lowest BCUT2D eigenvalue weighted by Gasteiger charge is -2.36. The maximum Gasteiger partial charge on any atom is 0.410 e. The average molecular weight is 418 g/mol. The van der Waals surface area contributed by atoms with Gasteiger partial charge in [-0.1, -0.05) is 15.9 Å². The molecular formula is C20H24BrN3O2. The van der Waals surface area contributed by atoms with Gasteiger partial charge in [0, 0.05) is 59.0 Å². The zero-order chi connectivity index (χ0) is 18.5. The van der Waals surface area contributed by atoms with E-state index in [1.54, 1.807) is 0 Å². The third-order valence-corrected chi connectivity index (χ3v) is 5.80. The maximum atomic E-state index is 12.4. The number of aromatic nitrogens is 1. The smallest absolute Gasteiger partial charge is 0.410 e. The number of rotatable bonds is 1. The fourth-order valence-corrected chi connectivity index (χ4v) is 4.40. The highest BCUT2D eigenvalue weighted by Crippen LogP contribution is 2.39. The van der Waals surface area contributed by atoms with Crippen LogP contribution in [0.25, 0.3) is 10.8 Å². The lowest BCUT2D eigenvalue weighted by atomic mass is 9.97. The molecule has 0 bridgehead atoms. The van der Waals surface area contributed by atoms with Gasteiger partial charge in [-0.05, 0) is 51.3 Å². The van der Waals surface area contributed by atoms with E-state index < -0.39 is 5.60 Å². The van der Waals surface area contributed by atoms with Crippen molar-refractivity contribution in [1.29, 1.82) is 0 Å². The molecule has 0 N–H and O–H groups in total. The molecule has 1 unspecified atom stereocenters. The van der Waals surface area contributed by atoms with Gasteiger partial charge in [-0.15, -0.1) is 0 Å². The molecule has 0 aliphatic carbocycles. The van der Waals surface area contributed by atoms with Gasteiger partial charge in [0.15, 0.2) is 0 Å². The summed E-state index contributed by atoms with van der Waals surface area (Å²) < 4.78 is 6.62. The van der Waals surface area contributed by atoms with Crippen LogP contribution in [0.4, 0.5) is 10.5 Å². The maximum absolute atomic E-state index is 12.4. The molecule has 2 aliphatic rings. The van der Waals surface area contributed by atoms with E-state index in [1.807, 2.05) is 38.1 Å². The molecule has 4 rings (SSSR count). The summed E-state index contributed by atoms with van der Waals surface area (Å²) in [4.78, 5) is 21.1. The van der Waals surface area contributed by atoms with E-state index in [4.69, 9.17) is 4.74 Å². The minimum Gasteiger partial charge on any atom is -0.444 e. The van der Waals surface area contributed by atoms with Gasteiger partial charge in [-0.2, -0.15) is 0 Å². The molecule has 0 saturated carbocycles. The third kappa shape index (κ3) is 3.15. The van der Waals surface area contributed by atoms with Crippen molar-refractivity contribution in [3.05, 3.63) is 34.6 Å². The van der Waals surface area contributed by atoms with Crippen LogP contribution in [-0.2, 0) is 11.2 Å². The van der Waals surface area contributed by atoms with Gasteiger partial charge >= 0.3 is 6.09 Å². The van der Waals surface area contributed by atoms with E-state index in [1.165, 1.54) is 16.6 Å². The molecule has 5 nitrogen and oxygen atoms in total. The van der Waals surface area contributed by atoms with Crippen LogP contribution in [0.2, 0.25) is 0 Å². The molecule has 2 aromatic rings. The molecule has 1 aromatic heterocycles. The second-order valence-corrected chi connectivity index (χ2v) is 8.95. The highest BCUT2D eigenvalue weighted by atomic mass is 79.9. The summed E-state index contributed by atoms with van der Waals surface area (Å²) in [5.74, 6) is 0. The topological polar surface area (TPSA) is 45.7 Å². The summed E-state index contributed by atoms with van der Waals surface area (Å²) in [6.45, 7) is 8.15. The molecule has 1 saturated heterocycles. The van der Waals surface area contributed by atoms with Crippen molar-refractivity contribution >= 4 is 38.5 Å². The number of hydrogen-bond donors (Lipinski definition) is 0. The Balaban J connectivity index is 1.59. The predicted molar refractivity (Wildman–Crippen MR) is 107 cm³/mol. The second-order valence-electron chi connectivity index (χ2n) is 8.10. The van der Waals surface area contributed by atoms with Crippen LogP contribution >= 0.6 is 15.9 Å². The quantitative estimate of drug-likeness (QED) is 0.690. The lowest BCUT2D eigenvalue weighted by Crippen LogP contribution is -2.42. The predicted octanol–water partition coefficient (Wildman–Crippen LogP) is 4.37. The zero-order valence-electron chi connectivity index (χ0n) is 15.5. The van der Waals surface area contributed by atoms with E-state index in [0.29, 0.717) is 12.6 Å². The van der Waals surface area contributed by atoms with Crippen molar-refractivity contribution in [3.8, 4) is 0 Å². The number of pyridine rings is 1. The largest absolute Gasteiger partial charge is 0.444 e. The minimum atomic E-state index is -0.454. The second kappa shape index (κ2) is 6.41. The summed E-state index contributed by atoms with van der Waals surface area (Å²) >= 11 is 3.65. The summed E-state index contributed by atoms with van der Waals surface area (Å²) in [5.41, 5.74) is 2.10. The van der Waals surface area contributed by atoms with Gasteiger partial charge in [0.25, 0.3) is 0 Å². The number of hydrogen-bond acceptors (Lipinski definition) is 4. The van der Waals surface area contributed by atoms with Crippen molar-refractivity contribution in [2.75, 3.05) is 24.5 Å². The van der Waals surface area contributed by atoms with Gasteiger partial charge < -0.3 is 14.5 Å². The molecule has 26 heavy (non-hydrogen) atoms. The molecule has 1 aromatic carbocycles. The Kier molecular flexibility index (Phi) is 4.34. The zero-order valence-corrected chi connectivity index (χ0v) is 17.0. The number of anilines is 1. The van der Waals surface area contributed by atoms with Crippen LogP contribution < -0.4 is 4.90 Å². The summed E-state index contributed by atoms with van der Waals surface area (Å²) in [6.07, 6.45) is 5.66. The first kappa shape index (κ1) is 17.6. The number of likely N-dealkylation sites (tertiary alicyclic amines) is 1. The minimum absolute atomic E-state index is 0.206. The van der Waals surface area contributed by atoms with Crippen LogP contribution in [0.3, 0.4) is 0 Å². The van der Waals surface area contributed by atoms with Crippen molar-refractivity contribution in [3.63, 3.8) is 0 Å². The highest BCUT2D eigenvalue weighted by Gasteiger charge is 2.34. The van der Waals surface area contributed by atoms with Crippen molar-refractivity contribution in [2.45, 2.75) is 45.3 Å². The first-order chi connectivity index (χ1) is 12.3. The number of amides is 1. The van der Waals surface area contributed by atoms with Gasteiger partial charge in [0.1, 0.15) is 5.60 Å². The molecule has 6 heteroatoms. The molecule has 138 valence electrons. The van der Waals surface area contributed by atoms with Crippen LogP contribution in [-0.4, -0.2) is 47.3 Å². The number of carbonyl (C=O) groups excluding carboxylic acids is 1. The summed E-state index contributed by atoms with van der Waals surface area (Å²) in [5, 5.41) is 2.45. The first-order valence-corrected chi connectivity index (χ1v) is 9.92. The van der Waals surface area contributed by atoms with Gasteiger partial charge in [0.2, 0.25) is 0 Å². The number of nitrogens with zero attached hydrogens (tertiary/aromatic N) is 3. The van der Waals surface area contributed by atoms with Crippen molar-refractivity contribution in [1.82, 2.24) is 9.88 Å². The molecular weight excluding hydrogens is 394 g/mol. The molecule has 2 aliphatic heterocycles. The van der Waals surface area contributed by atoms with E-state index >= 15 is 0 Å². The summed E-state index contributed by atoms with van der Waals surface area (Å²) in [6, 6.07) is 4.61. The van der Waals surface area contributed by atoms with Gasteiger partial charge in [0.05, 0.1) is 0 Å². The van der Waals surface area contributed by atoms with E-state index in [9.17, 15) is 4.79 Å². The lowest BCUT2D eigenvalue weighted by molar-refractivity contribution is 0.0292. The van der Waals surface area contributed by atoms with E-state index in [2.05, 4.69) is 37.9 Å². The Hall–Kier alpha value is -1.82. The number of halogens is 1. The Morgan fingerprint density at radius 2 is 2.08 bits per heavy atom. The van der Waals surface area contributed by atoms with Crippen LogP contribution in [0, 0.1) is 0 Å². The van der Waals surface area contributed by atoms with Gasteiger partial charge in [-0.3, -0.25) is 4.98 Å². The normalized spacial score (nSPS) is 19.9. The first-order valence-electron chi connectivity index (χ1n) is 9.13. The van der Waals surface area contributed by atoms with Crippen LogP contribution in [0.15, 0.2) is 29.0 Å². The monoisotopic (exact) mass is 417 g/mol. The van der Waals surface area contributed by atoms with Crippen LogP contribution in [0.1, 0.15) is 32.8 Å². The fourth-order valence-electron chi connectivity index (χ4n) is 3.97. The molecule has 0 radical (unpaired) electrons. The fraction of sp³-hybridized carbons (Fsp3) is 0.500. The highest BCUT2D eigenvalue weighted by molar-refractivity contribution is 9.10. The standard InChI is InChI=1S/C20H24BrN3O2/c1-20(2,3)26-19(25)23-8-7-14(12-23)24-9-6-13-10-22-11-15-16(21)4-5-17(24)18(13)15/h4-5,10-11,14H,6-9,12H2,1-3H3. The van der Waals surface area contributed by atoms with Crippen molar-refractivity contribution in [2.24, 2.45) is 0 Å². The Morgan fingerprint density at radius 3 is 2.85 bits per heavy atom. The molecule has 1 fully saturated rings. The Bertz CT molecular complexity index is 862. The van der Waals surface area contributed by atoms with Gasteiger partial charge in [-0.25, -0.2) is 4.79 Å². The third-order valence-electron chi connectivity index (χ3n) is 5.11.